The molecular weight excluding hydrogens is 318 g/mol. The van der Waals surface area contributed by atoms with Gasteiger partial charge in [0.1, 0.15) is 10.6 Å². The molecule has 3 rings (SSSR count). The number of aromatic amines is 1. The average molecular weight is 341 g/mol. The van der Waals surface area contributed by atoms with Crippen LogP contribution in [-0.4, -0.2) is 67.9 Å². The highest BCUT2D eigenvalue weighted by atomic mass is 32.2. The molecule has 1 amide bonds. The lowest BCUT2D eigenvalue weighted by atomic mass is 10.2. The first-order valence-corrected chi connectivity index (χ1v) is 9.47. The Bertz CT molecular complexity index is 658. The molecule has 1 aromatic heterocycles. The second kappa shape index (κ2) is 6.62. The molecule has 0 bridgehead atoms. The van der Waals surface area contributed by atoms with Crippen molar-refractivity contribution in [2.24, 2.45) is 0 Å². The van der Waals surface area contributed by atoms with Crippen molar-refractivity contribution in [2.45, 2.75) is 36.6 Å². The van der Waals surface area contributed by atoms with Crippen LogP contribution in [0.15, 0.2) is 17.2 Å². The largest absolute Gasteiger partial charge is 0.379 e. The number of carbonyl (C=O) groups is 1. The van der Waals surface area contributed by atoms with Crippen molar-refractivity contribution in [3.05, 3.63) is 18.0 Å². The van der Waals surface area contributed by atoms with Gasteiger partial charge >= 0.3 is 0 Å². The summed E-state index contributed by atoms with van der Waals surface area (Å²) in [5.74, 6) is -0.152. The molecule has 0 unspecified atom stereocenters. The van der Waals surface area contributed by atoms with Gasteiger partial charge in [0.2, 0.25) is 10.0 Å². The molecule has 0 spiro atoms. The number of amides is 1. The van der Waals surface area contributed by atoms with Gasteiger partial charge in [0.15, 0.2) is 0 Å². The van der Waals surface area contributed by atoms with E-state index < -0.39 is 10.0 Å². The van der Waals surface area contributed by atoms with Crippen molar-refractivity contribution in [3.8, 4) is 0 Å². The lowest BCUT2D eigenvalue weighted by molar-refractivity contribution is 0.0727. The highest BCUT2D eigenvalue weighted by Gasteiger charge is 2.30. The first kappa shape index (κ1) is 16.5. The number of carbonyl (C=O) groups excluding carboxylic acids is 1. The van der Waals surface area contributed by atoms with E-state index in [4.69, 9.17) is 4.74 Å². The van der Waals surface area contributed by atoms with E-state index in [1.807, 2.05) is 0 Å². The number of sulfonamides is 1. The number of H-pyrrole nitrogens is 1. The monoisotopic (exact) mass is 341 g/mol. The quantitative estimate of drug-likeness (QED) is 0.887. The van der Waals surface area contributed by atoms with Gasteiger partial charge in [0, 0.05) is 32.4 Å². The second-order valence-electron chi connectivity index (χ2n) is 6.12. The SMILES string of the molecule is CN(C(=O)c1cc(S(=O)(=O)N2CCOCC2)c[nH]1)C1CCCC1. The van der Waals surface area contributed by atoms with Crippen molar-refractivity contribution in [3.63, 3.8) is 0 Å². The van der Waals surface area contributed by atoms with E-state index in [2.05, 4.69) is 4.98 Å². The maximum absolute atomic E-state index is 12.6. The van der Waals surface area contributed by atoms with Crippen molar-refractivity contribution in [2.75, 3.05) is 33.4 Å². The van der Waals surface area contributed by atoms with Gasteiger partial charge in [0.25, 0.3) is 5.91 Å². The minimum atomic E-state index is -3.57. The minimum Gasteiger partial charge on any atom is -0.379 e. The first-order valence-electron chi connectivity index (χ1n) is 8.03. The van der Waals surface area contributed by atoms with Crippen LogP contribution in [0.25, 0.3) is 0 Å². The third-order valence-electron chi connectivity index (χ3n) is 4.69. The van der Waals surface area contributed by atoms with Gasteiger partial charge in [-0.25, -0.2) is 8.42 Å². The Morgan fingerprint density at radius 2 is 1.96 bits per heavy atom. The van der Waals surface area contributed by atoms with E-state index in [9.17, 15) is 13.2 Å². The summed E-state index contributed by atoms with van der Waals surface area (Å²) in [4.78, 5) is 17.2. The fraction of sp³-hybridized carbons (Fsp3) is 0.667. The molecular formula is C15H23N3O4S. The lowest BCUT2D eigenvalue weighted by Gasteiger charge is -2.25. The average Bonchev–Trinajstić information content (AvgIpc) is 3.26. The summed E-state index contributed by atoms with van der Waals surface area (Å²) in [6, 6.07) is 1.70. The predicted octanol–water partition coefficient (Wildman–Crippen LogP) is 1.05. The topological polar surface area (TPSA) is 82.7 Å². The molecule has 7 nitrogen and oxygen atoms in total. The van der Waals surface area contributed by atoms with Crippen LogP contribution in [-0.2, 0) is 14.8 Å². The zero-order valence-corrected chi connectivity index (χ0v) is 14.1. The fourth-order valence-corrected chi connectivity index (χ4v) is 4.63. The highest BCUT2D eigenvalue weighted by molar-refractivity contribution is 7.89. The first-order chi connectivity index (χ1) is 11.0. The summed E-state index contributed by atoms with van der Waals surface area (Å²) >= 11 is 0. The van der Waals surface area contributed by atoms with Gasteiger partial charge in [-0.05, 0) is 18.9 Å². The van der Waals surface area contributed by atoms with Crippen LogP contribution in [0.4, 0.5) is 0 Å². The van der Waals surface area contributed by atoms with Crippen LogP contribution in [0, 0.1) is 0 Å². The third-order valence-corrected chi connectivity index (χ3v) is 6.56. The van der Waals surface area contributed by atoms with Gasteiger partial charge < -0.3 is 14.6 Å². The number of nitrogens with zero attached hydrogens (tertiary/aromatic N) is 2. The third kappa shape index (κ3) is 3.29. The molecule has 2 fully saturated rings. The van der Waals surface area contributed by atoms with Crippen molar-refractivity contribution in [1.29, 1.82) is 0 Å². The summed E-state index contributed by atoms with van der Waals surface area (Å²) in [5.41, 5.74) is 0.325. The second-order valence-corrected chi connectivity index (χ2v) is 8.06. The van der Waals surface area contributed by atoms with E-state index in [0.29, 0.717) is 32.0 Å². The van der Waals surface area contributed by atoms with Crippen LogP contribution in [0.3, 0.4) is 0 Å². The summed E-state index contributed by atoms with van der Waals surface area (Å²) in [6.07, 6.45) is 5.72. The predicted molar refractivity (Wildman–Crippen MR) is 84.7 cm³/mol. The molecule has 0 atom stereocenters. The highest BCUT2D eigenvalue weighted by Crippen LogP contribution is 2.24. The molecule has 1 saturated carbocycles. The van der Waals surface area contributed by atoms with Crippen molar-refractivity contribution >= 4 is 15.9 Å². The lowest BCUT2D eigenvalue weighted by Crippen LogP contribution is -2.40. The number of rotatable bonds is 4. The fourth-order valence-electron chi connectivity index (χ4n) is 3.23. The minimum absolute atomic E-state index is 0.141. The standard InChI is InChI=1S/C15H23N3O4S/c1-17(12-4-2-3-5-12)15(19)14-10-13(11-16-14)23(20,21)18-6-8-22-9-7-18/h10-12,16H,2-9H2,1H3. The van der Waals surface area contributed by atoms with Crippen LogP contribution < -0.4 is 0 Å². The molecule has 8 heteroatoms. The number of aromatic nitrogens is 1. The molecule has 0 aromatic carbocycles. The Balaban J connectivity index is 1.75. The molecule has 1 aliphatic heterocycles. The molecule has 2 aliphatic rings. The summed E-state index contributed by atoms with van der Waals surface area (Å²) < 4.78 is 31.7. The zero-order chi connectivity index (χ0) is 16.4. The van der Waals surface area contributed by atoms with Crippen LogP contribution >= 0.6 is 0 Å². The van der Waals surface area contributed by atoms with Gasteiger partial charge in [-0.15, -0.1) is 0 Å². The van der Waals surface area contributed by atoms with Crippen molar-refractivity contribution in [1.82, 2.24) is 14.2 Å². The number of hydrogen-bond donors (Lipinski definition) is 1. The van der Waals surface area contributed by atoms with Crippen LogP contribution in [0.2, 0.25) is 0 Å². The van der Waals surface area contributed by atoms with Crippen LogP contribution in [0.1, 0.15) is 36.2 Å². The maximum Gasteiger partial charge on any atom is 0.270 e. The molecule has 2 heterocycles. The van der Waals surface area contributed by atoms with Gasteiger partial charge in [0.05, 0.1) is 13.2 Å². The summed E-state index contributed by atoms with van der Waals surface area (Å²) in [6.45, 7) is 1.50. The number of nitrogens with one attached hydrogen (secondary N) is 1. The number of ether oxygens (including phenoxy) is 1. The smallest absolute Gasteiger partial charge is 0.270 e. The van der Waals surface area contributed by atoms with E-state index >= 15 is 0 Å². The van der Waals surface area contributed by atoms with E-state index in [-0.39, 0.29) is 16.8 Å². The van der Waals surface area contributed by atoms with Gasteiger partial charge in [-0.3, -0.25) is 4.79 Å². The normalized spacial score (nSPS) is 20.7. The Morgan fingerprint density at radius 1 is 1.30 bits per heavy atom. The molecule has 1 aromatic rings. The molecule has 1 N–H and O–H groups in total. The van der Waals surface area contributed by atoms with E-state index in [1.54, 1.807) is 11.9 Å². The molecule has 23 heavy (non-hydrogen) atoms. The van der Waals surface area contributed by atoms with Gasteiger partial charge in [-0.1, -0.05) is 12.8 Å². The number of morpholine rings is 1. The van der Waals surface area contributed by atoms with Gasteiger partial charge in [-0.2, -0.15) is 4.31 Å². The Labute approximate surface area is 136 Å². The van der Waals surface area contributed by atoms with Crippen LogP contribution in [0.5, 0.6) is 0 Å². The maximum atomic E-state index is 12.6. The Morgan fingerprint density at radius 3 is 2.61 bits per heavy atom. The molecule has 0 radical (unpaired) electrons. The van der Waals surface area contributed by atoms with E-state index in [1.165, 1.54) is 16.6 Å². The zero-order valence-electron chi connectivity index (χ0n) is 13.3. The van der Waals surface area contributed by atoms with E-state index in [0.717, 1.165) is 25.7 Å². The molecule has 1 aliphatic carbocycles. The molecule has 128 valence electrons. The Hall–Kier alpha value is -1.38. The number of hydrogen-bond acceptors (Lipinski definition) is 4. The Kier molecular flexibility index (Phi) is 4.74. The summed E-state index contributed by atoms with van der Waals surface area (Å²) in [7, 11) is -1.78. The van der Waals surface area contributed by atoms with Crippen molar-refractivity contribution < 1.29 is 17.9 Å². The molecule has 1 saturated heterocycles. The summed E-state index contributed by atoms with van der Waals surface area (Å²) in [5, 5.41) is 0.